The Hall–Kier alpha value is -2.58. The summed E-state index contributed by atoms with van der Waals surface area (Å²) in [4.78, 5) is 39.0. The molecule has 1 heterocycles. The first-order valence-corrected chi connectivity index (χ1v) is 8.61. The Kier molecular flexibility index (Phi) is 6.45. The minimum absolute atomic E-state index is 0.147. The largest absolute Gasteiger partial charge is 0.416 e. The van der Waals surface area contributed by atoms with Crippen molar-refractivity contribution in [3.05, 3.63) is 35.4 Å². The van der Waals surface area contributed by atoms with E-state index in [-0.39, 0.29) is 50.1 Å². The molecule has 27 heavy (non-hydrogen) atoms. The highest BCUT2D eigenvalue weighted by Crippen LogP contribution is 2.29. The van der Waals surface area contributed by atoms with Crippen LogP contribution in [0.4, 0.5) is 13.2 Å². The van der Waals surface area contributed by atoms with Gasteiger partial charge < -0.3 is 15.1 Å². The van der Waals surface area contributed by atoms with E-state index < -0.39 is 23.6 Å². The van der Waals surface area contributed by atoms with Crippen molar-refractivity contribution in [2.45, 2.75) is 32.5 Å². The molecule has 0 bridgehead atoms. The van der Waals surface area contributed by atoms with Gasteiger partial charge >= 0.3 is 18.0 Å². The van der Waals surface area contributed by atoms with Gasteiger partial charge in [0, 0.05) is 32.2 Å². The first kappa shape index (κ1) is 20.7. The van der Waals surface area contributed by atoms with Crippen molar-refractivity contribution in [3.63, 3.8) is 0 Å². The number of piperazine rings is 1. The molecule has 2 rings (SSSR count). The Bertz CT molecular complexity index is 711. The topological polar surface area (TPSA) is 69.7 Å². The Morgan fingerprint density at radius 1 is 1.07 bits per heavy atom. The van der Waals surface area contributed by atoms with Crippen LogP contribution in [-0.2, 0) is 27.0 Å². The highest BCUT2D eigenvalue weighted by Gasteiger charge is 2.31. The molecule has 1 fully saturated rings. The summed E-state index contributed by atoms with van der Waals surface area (Å²) in [6.07, 6.45) is -4.60. The van der Waals surface area contributed by atoms with Gasteiger partial charge in [-0.2, -0.15) is 13.2 Å². The average Bonchev–Trinajstić information content (AvgIpc) is 2.60. The van der Waals surface area contributed by atoms with Gasteiger partial charge in [0.1, 0.15) is 0 Å². The van der Waals surface area contributed by atoms with E-state index in [4.69, 9.17) is 0 Å². The van der Waals surface area contributed by atoms with Gasteiger partial charge in [-0.25, -0.2) is 0 Å². The summed E-state index contributed by atoms with van der Waals surface area (Å²) in [6.45, 7) is 4.37. The fourth-order valence-electron chi connectivity index (χ4n) is 2.77. The molecule has 0 aliphatic carbocycles. The van der Waals surface area contributed by atoms with Crippen molar-refractivity contribution >= 4 is 17.7 Å². The SMILES string of the molecule is CC(C)NC(=O)C(=O)N1CCN(C(=O)Cc2cccc(C(F)(F)F)c2)CC1. The Balaban J connectivity index is 1.90. The van der Waals surface area contributed by atoms with Crippen LogP contribution in [0.25, 0.3) is 0 Å². The number of hydrogen-bond donors (Lipinski definition) is 1. The predicted octanol–water partition coefficient (Wildman–Crippen LogP) is 1.44. The number of nitrogens with one attached hydrogen (secondary N) is 1. The molecule has 1 aromatic carbocycles. The monoisotopic (exact) mass is 385 g/mol. The Morgan fingerprint density at radius 2 is 1.67 bits per heavy atom. The normalized spacial score (nSPS) is 15.0. The van der Waals surface area contributed by atoms with Gasteiger partial charge in [0.15, 0.2) is 0 Å². The zero-order chi connectivity index (χ0) is 20.2. The van der Waals surface area contributed by atoms with Crippen LogP contribution in [0, 0.1) is 0 Å². The van der Waals surface area contributed by atoms with E-state index >= 15 is 0 Å². The third-order valence-corrected chi connectivity index (χ3v) is 4.14. The number of carbonyl (C=O) groups is 3. The fraction of sp³-hybridized carbons (Fsp3) is 0.500. The minimum atomic E-state index is -4.46. The summed E-state index contributed by atoms with van der Waals surface area (Å²) in [5.41, 5.74) is -0.510. The van der Waals surface area contributed by atoms with E-state index in [2.05, 4.69) is 5.32 Å². The van der Waals surface area contributed by atoms with E-state index in [9.17, 15) is 27.6 Å². The molecule has 0 saturated carbocycles. The van der Waals surface area contributed by atoms with Crippen molar-refractivity contribution in [2.24, 2.45) is 0 Å². The lowest BCUT2D eigenvalue weighted by molar-refractivity contribution is -0.148. The molecule has 1 aromatic rings. The smallest absolute Gasteiger partial charge is 0.346 e. The molecular formula is C18H22F3N3O3. The lowest BCUT2D eigenvalue weighted by atomic mass is 10.1. The second-order valence-electron chi connectivity index (χ2n) is 6.68. The zero-order valence-corrected chi connectivity index (χ0v) is 15.2. The number of hydrogen-bond acceptors (Lipinski definition) is 3. The Labute approximate surface area is 155 Å². The van der Waals surface area contributed by atoms with Gasteiger partial charge in [-0.3, -0.25) is 14.4 Å². The fourth-order valence-corrected chi connectivity index (χ4v) is 2.77. The highest BCUT2D eigenvalue weighted by atomic mass is 19.4. The van der Waals surface area contributed by atoms with Crippen molar-refractivity contribution in [2.75, 3.05) is 26.2 Å². The summed E-state index contributed by atoms with van der Waals surface area (Å²) in [7, 11) is 0. The summed E-state index contributed by atoms with van der Waals surface area (Å²) < 4.78 is 38.3. The van der Waals surface area contributed by atoms with E-state index in [0.717, 1.165) is 12.1 Å². The maximum absolute atomic E-state index is 12.8. The number of benzene rings is 1. The van der Waals surface area contributed by atoms with Gasteiger partial charge in [0.2, 0.25) is 5.91 Å². The number of rotatable bonds is 3. The molecule has 3 amide bonds. The molecule has 1 aliphatic heterocycles. The van der Waals surface area contributed by atoms with Crippen LogP contribution in [-0.4, -0.2) is 59.7 Å². The number of nitrogens with zero attached hydrogens (tertiary/aromatic N) is 2. The second-order valence-corrected chi connectivity index (χ2v) is 6.68. The second kappa shape index (κ2) is 8.41. The lowest BCUT2D eigenvalue weighted by Gasteiger charge is -2.34. The van der Waals surface area contributed by atoms with Crippen LogP contribution < -0.4 is 5.32 Å². The Morgan fingerprint density at radius 3 is 2.22 bits per heavy atom. The molecule has 0 unspecified atom stereocenters. The molecular weight excluding hydrogens is 363 g/mol. The van der Waals surface area contributed by atoms with Crippen LogP contribution >= 0.6 is 0 Å². The van der Waals surface area contributed by atoms with Crippen LogP contribution in [0.3, 0.4) is 0 Å². The van der Waals surface area contributed by atoms with Crippen molar-refractivity contribution < 1.29 is 27.6 Å². The van der Waals surface area contributed by atoms with Crippen LogP contribution in [0.15, 0.2) is 24.3 Å². The number of alkyl halides is 3. The molecule has 0 atom stereocenters. The van der Waals surface area contributed by atoms with E-state index in [0.29, 0.717) is 0 Å². The predicted molar refractivity (Wildman–Crippen MR) is 91.6 cm³/mol. The van der Waals surface area contributed by atoms with Gasteiger partial charge in [-0.05, 0) is 25.5 Å². The first-order valence-electron chi connectivity index (χ1n) is 8.61. The summed E-state index contributed by atoms with van der Waals surface area (Å²) >= 11 is 0. The minimum Gasteiger partial charge on any atom is -0.346 e. The first-order chi connectivity index (χ1) is 12.6. The summed E-state index contributed by atoms with van der Waals surface area (Å²) in [5, 5.41) is 2.52. The zero-order valence-electron chi connectivity index (χ0n) is 15.2. The van der Waals surface area contributed by atoms with Crippen LogP contribution in [0.2, 0.25) is 0 Å². The molecule has 6 nitrogen and oxygen atoms in total. The number of amides is 3. The van der Waals surface area contributed by atoms with E-state index in [1.54, 1.807) is 13.8 Å². The van der Waals surface area contributed by atoms with Gasteiger partial charge in [0.25, 0.3) is 0 Å². The molecule has 0 radical (unpaired) electrons. The molecule has 1 saturated heterocycles. The standard InChI is InChI=1S/C18H22F3N3O3/c1-12(2)22-16(26)17(27)24-8-6-23(7-9-24)15(25)11-13-4-3-5-14(10-13)18(19,20)21/h3-5,10,12H,6-9,11H2,1-2H3,(H,22,26). The van der Waals surface area contributed by atoms with Crippen LogP contribution in [0.5, 0.6) is 0 Å². The number of halogens is 3. The van der Waals surface area contributed by atoms with Gasteiger partial charge in [-0.1, -0.05) is 18.2 Å². The molecule has 9 heteroatoms. The average molecular weight is 385 g/mol. The molecule has 0 spiro atoms. The molecule has 1 N–H and O–H groups in total. The van der Waals surface area contributed by atoms with E-state index in [1.807, 2.05) is 0 Å². The van der Waals surface area contributed by atoms with Gasteiger partial charge in [-0.15, -0.1) is 0 Å². The molecule has 0 aromatic heterocycles. The maximum atomic E-state index is 12.8. The van der Waals surface area contributed by atoms with Crippen molar-refractivity contribution in [3.8, 4) is 0 Å². The third kappa shape index (κ3) is 5.70. The quantitative estimate of drug-likeness (QED) is 0.801. The molecule has 1 aliphatic rings. The van der Waals surface area contributed by atoms with Gasteiger partial charge in [0.05, 0.1) is 12.0 Å². The van der Waals surface area contributed by atoms with E-state index in [1.165, 1.54) is 21.9 Å². The highest BCUT2D eigenvalue weighted by molar-refractivity contribution is 6.35. The summed E-state index contributed by atoms with van der Waals surface area (Å²) in [5.74, 6) is -1.64. The van der Waals surface area contributed by atoms with Crippen molar-refractivity contribution in [1.29, 1.82) is 0 Å². The lowest BCUT2D eigenvalue weighted by Crippen LogP contribution is -2.54. The molecule has 148 valence electrons. The van der Waals surface area contributed by atoms with Crippen LogP contribution in [0.1, 0.15) is 25.0 Å². The van der Waals surface area contributed by atoms with Crippen molar-refractivity contribution in [1.82, 2.24) is 15.1 Å². The third-order valence-electron chi connectivity index (χ3n) is 4.14. The maximum Gasteiger partial charge on any atom is 0.416 e. The summed E-state index contributed by atoms with van der Waals surface area (Å²) in [6, 6.07) is 4.52. The number of carbonyl (C=O) groups excluding carboxylic acids is 3.